The van der Waals surface area contributed by atoms with Crippen molar-refractivity contribution < 1.29 is 0 Å². The van der Waals surface area contributed by atoms with Crippen molar-refractivity contribution in [3.8, 4) is 33.6 Å². The van der Waals surface area contributed by atoms with Crippen LogP contribution < -0.4 is 11.1 Å². The summed E-state index contributed by atoms with van der Waals surface area (Å²) >= 11 is 0. The number of aromatic amines is 2. The molecule has 28 heavy (non-hydrogen) atoms. The largest absolute Gasteiger partial charge is 0.369 e. The summed E-state index contributed by atoms with van der Waals surface area (Å²) in [5.41, 5.74) is 12.2. The Morgan fingerprint density at radius 2 is 1.32 bits per heavy atom. The van der Waals surface area contributed by atoms with Crippen LogP contribution in [0.25, 0.3) is 33.6 Å². The van der Waals surface area contributed by atoms with Gasteiger partial charge in [-0.25, -0.2) is 9.97 Å². The van der Waals surface area contributed by atoms with E-state index in [2.05, 4.69) is 73.8 Å². The lowest BCUT2D eigenvalue weighted by Crippen LogP contribution is -2.14. The lowest BCUT2D eigenvalue weighted by atomic mass is 10.0. The van der Waals surface area contributed by atoms with Crippen molar-refractivity contribution in [3.63, 3.8) is 0 Å². The number of H-pyrrole nitrogens is 2. The Morgan fingerprint density at radius 1 is 0.750 bits per heavy atom. The van der Waals surface area contributed by atoms with Gasteiger partial charge in [0.2, 0.25) is 0 Å². The number of nitrogens with two attached hydrogens (primary N) is 1. The number of rotatable bonds is 4. The van der Waals surface area contributed by atoms with E-state index >= 15 is 0 Å². The predicted octanol–water partition coefficient (Wildman–Crippen LogP) is 4.14. The second kappa shape index (κ2) is 6.98. The minimum atomic E-state index is 0.358. The fraction of sp³-hybridized carbons (Fsp3) is 0.182. The van der Waals surface area contributed by atoms with Gasteiger partial charge in [-0.05, 0) is 41.6 Å². The van der Waals surface area contributed by atoms with Crippen LogP contribution in [0.1, 0.15) is 24.7 Å². The average molecular weight is 370 g/mol. The van der Waals surface area contributed by atoms with Crippen LogP contribution in [0, 0.1) is 0 Å². The minimum Gasteiger partial charge on any atom is -0.369 e. The summed E-state index contributed by atoms with van der Waals surface area (Å²) < 4.78 is 0. The zero-order valence-corrected chi connectivity index (χ0v) is 15.4. The number of nitrogens with zero attached hydrogens (tertiary/aromatic N) is 2. The molecule has 0 amide bonds. The maximum atomic E-state index is 5.66. The smallest absolute Gasteiger partial charge is 0.197 e. The van der Waals surface area contributed by atoms with Gasteiger partial charge in [-0.3, -0.25) is 0 Å². The van der Waals surface area contributed by atoms with Gasteiger partial charge in [0.25, 0.3) is 0 Å². The van der Waals surface area contributed by atoms with Crippen LogP contribution in [0.2, 0.25) is 0 Å². The molecule has 1 aliphatic heterocycles. The van der Waals surface area contributed by atoms with Crippen LogP contribution in [-0.2, 0) is 0 Å². The number of anilines is 1. The highest BCUT2D eigenvalue weighted by Gasteiger charge is 2.19. The van der Waals surface area contributed by atoms with Crippen molar-refractivity contribution in [2.75, 3.05) is 12.3 Å². The summed E-state index contributed by atoms with van der Waals surface area (Å²) in [6.07, 6.45) is 6.03. The standard InChI is InChI=1S/C22H22N6/c23-22-26-13-20(28-22)17-9-5-15(6-10-17)14-3-7-16(8-4-14)19-12-25-21(27-19)18-2-1-11-24-18/h3-10,12-13,18,24H,1-2,11H2,(H,25,27)(H3,23,26,28). The van der Waals surface area contributed by atoms with E-state index in [1.54, 1.807) is 6.20 Å². The first kappa shape index (κ1) is 16.8. The minimum absolute atomic E-state index is 0.358. The number of aromatic nitrogens is 4. The van der Waals surface area contributed by atoms with E-state index in [-0.39, 0.29) is 0 Å². The molecule has 1 unspecified atom stereocenters. The molecule has 0 aliphatic carbocycles. The fourth-order valence-corrected chi connectivity index (χ4v) is 3.75. The van der Waals surface area contributed by atoms with E-state index in [0.717, 1.165) is 41.3 Å². The molecule has 3 heterocycles. The van der Waals surface area contributed by atoms with Gasteiger partial charge in [0.15, 0.2) is 5.95 Å². The third kappa shape index (κ3) is 3.18. The molecular formula is C22H22N6. The topological polar surface area (TPSA) is 95.4 Å². The van der Waals surface area contributed by atoms with Crippen LogP contribution in [0.3, 0.4) is 0 Å². The van der Waals surface area contributed by atoms with E-state index in [1.807, 2.05) is 6.20 Å². The molecule has 4 aromatic rings. The second-order valence-electron chi connectivity index (χ2n) is 7.17. The molecule has 2 aromatic carbocycles. The Morgan fingerprint density at radius 3 is 1.86 bits per heavy atom. The summed E-state index contributed by atoms with van der Waals surface area (Å²) in [6.45, 7) is 1.07. The number of benzene rings is 2. The summed E-state index contributed by atoms with van der Waals surface area (Å²) in [7, 11) is 0. The summed E-state index contributed by atoms with van der Waals surface area (Å²) in [5.74, 6) is 1.46. The maximum Gasteiger partial charge on any atom is 0.197 e. The zero-order chi connectivity index (χ0) is 18.9. The van der Waals surface area contributed by atoms with Crippen LogP contribution >= 0.6 is 0 Å². The second-order valence-corrected chi connectivity index (χ2v) is 7.17. The Kier molecular flexibility index (Phi) is 4.18. The molecule has 0 saturated carbocycles. The quantitative estimate of drug-likeness (QED) is 0.434. The average Bonchev–Trinajstić information content (AvgIpc) is 3.49. The molecule has 2 aromatic heterocycles. The number of nitrogen functional groups attached to an aromatic ring is 1. The molecule has 6 nitrogen and oxygen atoms in total. The van der Waals surface area contributed by atoms with Gasteiger partial charge in [0.1, 0.15) is 5.82 Å². The van der Waals surface area contributed by atoms with E-state index in [9.17, 15) is 0 Å². The summed E-state index contributed by atoms with van der Waals surface area (Å²) in [5, 5.41) is 3.48. The van der Waals surface area contributed by atoms with Gasteiger partial charge < -0.3 is 21.0 Å². The van der Waals surface area contributed by atoms with Gasteiger partial charge in [-0.2, -0.15) is 0 Å². The molecule has 0 radical (unpaired) electrons. The first-order valence-corrected chi connectivity index (χ1v) is 9.56. The molecular weight excluding hydrogens is 348 g/mol. The molecule has 0 spiro atoms. The van der Waals surface area contributed by atoms with E-state index < -0.39 is 0 Å². The Hall–Kier alpha value is -3.38. The lowest BCUT2D eigenvalue weighted by molar-refractivity contribution is 0.613. The van der Waals surface area contributed by atoms with Crippen LogP contribution in [0.4, 0.5) is 5.95 Å². The maximum absolute atomic E-state index is 5.66. The highest BCUT2D eigenvalue weighted by molar-refractivity contribution is 5.71. The third-order valence-electron chi connectivity index (χ3n) is 5.31. The van der Waals surface area contributed by atoms with Gasteiger partial charge in [-0.1, -0.05) is 48.5 Å². The van der Waals surface area contributed by atoms with Gasteiger partial charge in [-0.15, -0.1) is 0 Å². The van der Waals surface area contributed by atoms with Crippen molar-refractivity contribution >= 4 is 5.95 Å². The molecule has 1 saturated heterocycles. The summed E-state index contributed by atoms with van der Waals surface area (Å²) in [4.78, 5) is 15.1. The van der Waals surface area contributed by atoms with Crippen molar-refractivity contribution in [1.82, 2.24) is 25.3 Å². The van der Waals surface area contributed by atoms with Crippen molar-refractivity contribution in [2.45, 2.75) is 18.9 Å². The van der Waals surface area contributed by atoms with Gasteiger partial charge in [0.05, 0.1) is 29.8 Å². The molecule has 5 N–H and O–H groups in total. The molecule has 1 aliphatic rings. The zero-order valence-electron chi connectivity index (χ0n) is 15.4. The van der Waals surface area contributed by atoms with E-state index in [1.165, 1.54) is 17.5 Å². The van der Waals surface area contributed by atoms with Gasteiger partial charge >= 0.3 is 0 Å². The SMILES string of the molecule is Nc1ncc(-c2ccc(-c3ccc(-c4cnc(C5CCCN5)[nH]4)cc3)cc2)[nH]1. The van der Waals surface area contributed by atoms with Crippen LogP contribution in [0.15, 0.2) is 60.9 Å². The van der Waals surface area contributed by atoms with Crippen LogP contribution in [0.5, 0.6) is 0 Å². The van der Waals surface area contributed by atoms with E-state index in [4.69, 9.17) is 5.73 Å². The Bertz CT molecular complexity index is 1070. The Labute approximate surface area is 163 Å². The third-order valence-corrected chi connectivity index (χ3v) is 5.31. The number of hydrogen-bond donors (Lipinski definition) is 4. The molecule has 0 bridgehead atoms. The highest BCUT2D eigenvalue weighted by Crippen LogP contribution is 2.28. The van der Waals surface area contributed by atoms with Gasteiger partial charge in [0, 0.05) is 0 Å². The molecule has 6 heteroatoms. The number of imidazole rings is 2. The number of nitrogens with one attached hydrogen (secondary N) is 3. The highest BCUT2D eigenvalue weighted by atomic mass is 15.0. The van der Waals surface area contributed by atoms with Crippen molar-refractivity contribution in [2.24, 2.45) is 0 Å². The van der Waals surface area contributed by atoms with E-state index in [0.29, 0.717) is 12.0 Å². The first-order chi connectivity index (χ1) is 13.8. The first-order valence-electron chi connectivity index (χ1n) is 9.56. The van der Waals surface area contributed by atoms with Crippen molar-refractivity contribution in [3.05, 3.63) is 66.7 Å². The van der Waals surface area contributed by atoms with Crippen molar-refractivity contribution in [1.29, 1.82) is 0 Å². The predicted molar refractivity (Wildman–Crippen MR) is 111 cm³/mol. The van der Waals surface area contributed by atoms with Crippen LogP contribution in [-0.4, -0.2) is 26.5 Å². The molecule has 140 valence electrons. The molecule has 1 fully saturated rings. The monoisotopic (exact) mass is 370 g/mol. The summed E-state index contributed by atoms with van der Waals surface area (Å²) in [6, 6.07) is 17.3. The number of hydrogen-bond acceptors (Lipinski definition) is 4. The normalized spacial score (nSPS) is 16.5. The Balaban J connectivity index is 1.35. The fourth-order valence-electron chi connectivity index (χ4n) is 3.75. The molecule has 1 atom stereocenters. The lowest BCUT2D eigenvalue weighted by Gasteiger charge is -2.06. The molecule has 5 rings (SSSR count).